The molecule has 146 valence electrons. The summed E-state index contributed by atoms with van der Waals surface area (Å²) in [4.78, 5) is 7.45. The average Bonchev–Trinajstić information content (AvgIpc) is 3.39. The number of aryl methyl sites for hydroxylation is 1. The molecule has 1 heterocycles. The molecule has 0 saturated heterocycles. The minimum absolute atomic E-state index is 0.187. The van der Waals surface area contributed by atoms with Crippen molar-refractivity contribution >= 4 is 0 Å². The fraction of sp³-hybridized carbons (Fsp3) is 0.609. The van der Waals surface area contributed by atoms with E-state index in [9.17, 15) is 4.39 Å². The maximum absolute atomic E-state index is 13.4. The first-order valence-electron chi connectivity index (χ1n) is 10.7. The maximum atomic E-state index is 13.4. The summed E-state index contributed by atoms with van der Waals surface area (Å²) >= 11 is 0. The zero-order valence-electron chi connectivity index (χ0n) is 16.5. The van der Waals surface area contributed by atoms with Gasteiger partial charge in [0.2, 0.25) is 0 Å². The molecule has 2 fully saturated rings. The van der Waals surface area contributed by atoms with Crippen molar-refractivity contribution in [1.82, 2.24) is 14.5 Å². The number of imidazole rings is 1. The number of halogens is 1. The van der Waals surface area contributed by atoms with Gasteiger partial charge in [0.15, 0.2) is 0 Å². The number of hydrogen-bond donors (Lipinski definition) is 0. The average molecular weight is 370 g/mol. The Balaban J connectivity index is 1.47. The van der Waals surface area contributed by atoms with E-state index in [1.165, 1.54) is 57.2 Å². The molecule has 3 nitrogen and oxygen atoms in total. The first kappa shape index (κ1) is 18.7. The second-order valence-electron chi connectivity index (χ2n) is 8.57. The van der Waals surface area contributed by atoms with Crippen LogP contribution in [0.2, 0.25) is 0 Å². The first-order chi connectivity index (χ1) is 13.2. The summed E-state index contributed by atoms with van der Waals surface area (Å²) in [5.41, 5.74) is 2.21. The number of hydrogen-bond acceptors (Lipinski definition) is 2. The van der Waals surface area contributed by atoms with Crippen LogP contribution in [-0.2, 0) is 6.42 Å². The molecular formula is C23H32FN3. The van der Waals surface area contributed by atoms with Gasteiger partial charge in [-0.1, -0.05) is 19.3 Å². The zero-order valence-corrected chi connectivity index (χ0v) is 16.5. The fourth-order valence-electron chi connectivity index (χ4n) is 4.38. The second-order valence-corrected chi connectivity index (χ2v) is 8.57. The van der Waals surface area contributed by atoms with Crippen LogP contribution < -0.4 is 0 Å². The Morgan fingerprint density at radius 3 is 2.52 bits per heavy atom. The lowest BCUT2D eigenvalue weighted by Crippen LogP contribution is -2.22. The van der Waals surface area contributed by atoms with Gasteiger partial charge in [-0.15, -0.1) is 0 Å². The SMILES string of the molecule is CN(CCCc1cn(C2CCCCC2)c(-c2ccc(F)cc2)n1)CC1CC1. The van der Waals surface area contributed by atoms with E-state index in [2.05, 4.69) is 22.7 Å². The molecule has 1 aromatic carbocycles. The van der Waals surface area contributed by atoms with Crippen LogP contribution in [0.15, 0.2) is 30.5 Å². The third kappa shape index (κ3) is 4.98. The topological polar surface area (TPSA) is 21.1 Å². The third-order valence-corrected chi connectivity index (χ3v) is 6.09. The Kier molecular flexibility index (Phi) is 5.92. The van der Waals surface area contributed by atoms with Gasteiger partial charge < -0.3 is 9.47 Å². The number of aromatic nitrogens is 2. The molecule has 4 rings (SSSR count). The summed E-state index contributed by atoms with van der Waals surface area (Å²) in [5, 5.41) is 0. The fourth-order valence-corrected chi connectivity index (χ4v) is 4.38. The largest absolute Gasteiger partial charge is 0.328 e. The molecule has 0 atom stereocenters. The summed E-state index contributed by atoms with van der Waals surface area (Å²) in [5.74, 6) is 1.78. The van der Waals surface area contributed by atoms with Gasteiger partial charge >= 0.3 is 0 Å². The van der Waals surface area contributed by atoms with Crippen molar-refractivity contribution in [3.05, 3.63) is 42.0 Å². The molecule has 27 heavy (non-hydrogen) atoms. The van der Waals surface area contributed by atoms with Crippen LogP contribution in [0.25, 0.3) is 11.4 Å². The normalized spacial score (nSPS) is 18.3. The molecular weight excluding hydrogens is 337 g/mol. The summed E-state index contributed by atoms with van der Waals surface area (Å²) in [6.45, 7) is 2.38. The maximum Gasteiger partial charge on any atom is 0.140 e. The van der Waals surface area contributed by atoms with E-state index in [4.69, 9.17) is 4.98 Å². The van der Waals surface area contributed by atoms with Gasteiger partial charge in [0.1, 0.15) is 11.6 Å². The minimum atomic E-state index is -0.187. The molecule has 0 aliphatic heterocycles. The van der Waals surface area contributed by atoms with E-state index in [1.807, 2.05) is 12.1 Å². The van der Waals surface area contributed by atoms with Crippen molar-refractivity contribution in [3.63, 3.8) is 0 Å². The van der Waals surface area contributed by atoms with Gasteiger partial charge in [-0.2, -0.15) is 0 Å². The lowest BCUT2D eigenvalue weighted by atomic mass is 9.95. The van der Waals surface area contributed by atoms with Crippen LogP contribution in [0, 0.1) is 11.7 Å². The molecule has 2 aliphatic rings. The van der Waals surface area contributed by atoms with E-state index >= 15 is 0 Å². The van der Waals surface area contributed by atoms with Crippen LogP contribution in [0.3, 0.4) is 0 Å². The third-order valence-electron chi connectivity index (χ3n) is 6.09. The molecule has 1 aromatic heterocycles. The van der Waals surface area contributed by atoms with Gasteiger partial charge in [0, 0.05) is 24.3 Å². The van der Waals surface area contributed by atoms with E-state index in [-0.39, 0.29) is 5.82 Å². The molecule has 0 unspecified atom stereocenters. The predicted octanol–water partition coefficient (Wildman–Crippen LogP) is 5.47. The van der Waals surface area contributed by atoms with Crippen molar-refractivity contribution in [2.75, 3.05) is 20.1 Å². The lowest BCUT2D eigenvalue weighted by molar-refractivity contribution is 0.316. The van der Waals surface area contributed by atoms with Crippen molar-refractivity contribution in [2.24, 2.45) is 5.92 Å². The smallest absolute Gasteiger partial charge is 0.140 e. The Morgan fingerprint density at radius 1 is 1.07 bits per heavy atom. The Morgan fingerprint density at radius 2 is 1.81 bits per heavy atom. The van der Waals surface area contributed by atoms with Crippen LogP contribution in [0.1, 0.15) is 63.1 Å². The zero-order chi connectivity index (χ0) is 18.6. The highest BCUT2D eigenvalue weighted by molar-refractivity contribution is 5.56. The summed E-state index contributed by atoms with van der Waals surface area (Å²) < 4.78 is 15.8. The lowest BCUT2D eigenvalue weighted by Gasteiger charge is -2.24. The molecule has 0 N–H and O–H groups in total. The molecule has 0 radical (unpaired) electrons. The summed E-state index contributed by atoms with van der Waals surface area (Å²) in [7, 11) is 2.24. The first-order valence-corrected chi connectivity index (χ1v) is 10.7. The van der Waals surface area contributed by atoms with Gasteiger partial charge in [-0.05, 0) is 82.3 Å². The van der Waals surface area contributed by atoms with Crippen LogP contribution >= 0.6 is 0 Å². The predicted molar refractivity (Wildman–Crippen MR) is 108 cm³/mol. The molecule has 2 aliphatic carbocycles. The summed E-state index contributed by atoms with van der Waals surface area (Å²) in [6, 6.07) is 7.36. The summed E-state index contributed by atoms with van der Waals surface area (Å²) in [6.07, 6.45) is 13.7. The number of nitrogens with zero attached hydrogens (tertiary/aromatic N) is 3. The molecule has 2 saturated carbocycles. The van der Waals surface area contributed by atoms with Crippen molar-refractivity contribution in [3.8, 4) is 11.4 Å². The number of rotatable bonds is 8. The van der Waals surface area contributed by atoms with E-state index in [0.717, 1.165) is 36.7 Å². The highest BCUT2D eigenvalue weighted by atomic mass is 19.1. The molecule has 0 spiro atoms. The quantitative estimate of drug-likeness (QED) is 0.615. The Labute approximate surface area is 162 Å². The van der Waals surface area contributed by atoms with Crippen LogP contribution in [0.5, 0.6) is 0 Å². The van der Waals surface area contributed by atoms with Crippen molar-refractivity contribution in [2.45, 2.75) is 63.8 Å². The van der Waals surface area contributed by atoms with Crippen LogP contribution in [-0.4, -0.2) is 34.6 Å². The highest BCUT2D eigenvalue weighted by Gasteiger charge is 2.23. The Hall–Kier alpha value is -1.68. The standard InChI is InChI=1S/C23H32FN3/c1-26(16-18-9-10-18)15-5-6-21-17-27(22-7-3-2-4-8-22)23(25-21)19-11-13-20(24)14-12-19/h11-14,17-18,22H,2-10,15-16H2,1H3. The van der Waals surface area contributed by atoms with E-state index < -0.39 is 0 Å². The molecule has 4 heteroatoms. The second kappa shape index (κ2) is 8.55. The minimum Gasteiger partial charge on any atom is -0.328 e. The van der Waals surface area contributed by atoms with Gasteiger partial charge in [0.25, 0.3) is 0 Å². The van der Waals surface area contributed by atoms with Crippen molar-refractivity contribution in [1.29, 1.82) is 0 Å². The van der Waals surface area contributed by atoms with Crippen LogP contribution in [0.4, 0.5) is 4.39 Å². The monoisotopic (exact) mass is 369 g/mol. The highest BCUT2D eigenvalue weighted by Crippen LogP contribution is 2.33. The number of benzene rings is 1. The van der Waals surface area contributed by atoms with Gasteiger partial charge in [-0.25, -0.2) is 9.37 Å². The van der Waals surface area contributed by atoms with Crippen molar-refractivity contribution < 1.29 is 4.39 Å². The Bertz CT molecular complexity index is 727. The molecule has 0 amide bonds. The molecule has 2 aromatic rings. The van der Waals surface area contributed by atoms with E-state index in [1.54, 1.807) is 12.1 Å². The van der Waals surface area contributed by atoms with Gasteiger partial charge in [0.05, 0.1) is 5.69 Å². The van der Waals surface area contributed by atoms with E-state index in [0.29, 0.717) is 6.04 Å². The molecule has 0 bridgehead atoms. The van der Waals surface area contributed by atoms with Gasteiger partial charge in [-0.3, -0.25) is 0 Å².